The standard InChI is InChI=1S/C33H35N5O/c1-4-33(39)36-28-12-8-11-27(20-28)30-18-25(17-24-9-6-5-7-10-24)19-32(37-30)38-31(35)21-29(34)23(3)26-15-13-22(2)14-16-26/h4-16,18-21,23,31H,1,17,34-35H2,2-3H3,(H,36,39)(H,37,38)/b29-21-. The van der Waals surface area contributed by atoms with Crippen LogP contribution in [-0.2, 0) is 11.2 Å². The molecule has 2 atom stereocenters. The molecule has 6 heteroatoms. The van der Waals surface area contributed by atoms with Gasteiger partial charge in [0.05, 0.1) is 11.9 Å². The second-order valence-electron chi connectivity index (χ2n) is 9.65. The van der Waals surface area contributed by atoms with Crippen LogP contribution < -0.4 is 22.1 Å². The van der Waals surface area contributed by atoms with Gasteiger partial charge in [0.1, 0.15) is 5.82 Å². The molecule has 198 valence electrons. The van der Waals surface area contributed by atoms with Crippen molar-refractivity contribution in [1.82, 2.24) is 4.98 Å². The van der Waals surface area contributed by atoms with E-state index in [9.17, 15) is 4.79 Å². The molecule has 0 aliphatic rings. The topological polar surface area (TPSA) is 106 Å². The van der Waals surface area contributed by atoms with Crippen molar-refractivity contribution in [3.8, 4) is 11.3 Å². The summed E-state index contributed by atoms with van der Waals surface area (Å²) < 4.78 is 0. The Morgan fingerprint density at radius 1 is 0.974 bits per heavy atom. The molecular weight excluding hydrogens is 482 g/mol. The summed E-state index contributed by atoms with van der Waals surface area (Å²) in [6.45, 7) is 7.65. The fraction of sp³-hybridized carbons (Fsp3) is 0.152. The van der Waals surface area contributed by atoms with Gasteiger partial charge in [0.25, 0.3) is 0 Å². The van der Waals surface area contributed by atoms with Gasteiger partial charge in [0.2, 0.25) is 5.91 Å². The molecule has 1 aromatic heterocycles. The Morgan fingerprint density at radius 2 is 1.72 bits per heavy atom. The summed E-state index contributed by atoms with van der Waals surface area (Å²) >= 11 is 0. The fourth-order valence-electron chi connectivity index (χ4n) is 4.30. The van der Waals surface area contributed by atoms with Gasteiger partial charge in [0.15, 0.2) is 0 Å². The van der Waals surface area contributed by atoms with Gasteiger partial charge >= 0.3 is 0 Å². The van der Waals surface area contributed by atoms with Crippen LogP contribution in [0.3, 0.4) is 0 Å². The molecule has 3 aromatic carbocycles. The van der Waals surface area contributed by atoms with Crippen LogP contribution in [0.25, 0.3) is 11.3 Å². The van der Waals surface area contributed by atoms with Crippen LogP contribution in [0.2, 0.25) is 0 Å². The molecule has 0 radical (unpaired) electrons. The summed E-state index contributed by atoms with van der Waals surface area (Å²) in [5.41, 5.74) is 20.5. The van der Waals surface area contributed by atoms with E-state index in [0.29, 0.717) is 17.2 Å². The van der Waals surface area contributed by atoms with Crippen molar-refractivity contribution in [2.45, 2.75) is 32.4 Å². The number of amides is 1. The number of rotatable bonds is 10. The first kappa shape index (κ1) is 27.4. The predicted octanol–water partition coefficient (Wildman–Crippen LogP) is 6.12. The maximum atomic E-state index is 11.8. The number of nitrogens with zero attached hydrogens (tertiary/aromatic N) is 1. The van der Waals surface area contributed by atoms with E-state index in [2.05, 4.69) is 73.5 Å². The van der Waals surface area contributed by atoms with E-state index in [4.69, 9.17) is 16.5 Å². The average Bonchev–Trinajstić information content (AvgIpc) is 2.93. The minimum atomic E-state index is -0.538. The second-order valence-corrected chi connectivity index (χ2v) is 9.65. The number of hydrogen-bond acceptors (Lipinski definition) is 5. The molecule has 0 aliphatic heterocycles. The van der Waals surface area contributed by atoms with Crippen LogP contribution in [-0.4, -0.2) is 17.1 Å². The highest BCUT2D eigenvalue weighted by molar-refractivity contribution is 5.99. The highest BCUT2D eigenvalue weighted by Crippen LogP contribution is 2.26. The van der Waals surface area contributed by atoms with Crippen molar-refractivity contribution < 1.29 is 4.79 Å². The molecule has 39 heavy (non-hydrogen) atoms. The fourth-order valence-corrected chi connectivity index (χ4v) is 4.30. The molecule has 1 heterocycles. The Kier molecular flexibility index (Phi) is 8.92. The van der Waals surface area contributed by atoms with Gasteiger partial charge in [-0.2, -0.15) is 0 Å². The van der Waals surface area contributed by atoms with Gasteiger partial charge in [-0.3, -0.25) is 4.79 Å². The number of nitrogens with two attached hydrogens (primary N) is 2. The number of hydrogen-bond donors (Lipinski definition) is 4. The zero-order valence-corrected chi connectivity index (χ0v) is 22.4. The van der Waals surface area contributed by atoms with E-state index in [-0.39, 0.29) is 11.8 Å². The molecule has 0 saturated carbocycles. The zero-order chi connectivity index (χ0) is 27.8. The molecule has 6 nitrogen and oxygen atoms in total. The Bertz CT molecular complexity index is 1460. The summed E-state index contributed by atoms with van der Waals surface area (Å²) in [6, 6.07) is 30.2. The van der Waals surface area contributed by atoms with E-state index in [1.807, 2.05) is 54.6 Å². The SMILES string of the molecule is C=CC(=O)Nc1cccc(-c2cc(Cc3ccccc3)cc(NC(N)/C=C(\N)C(C)c3ccc(C)cc3)n2)c1. The summed E-state index contributed by atoms with van der Waals surface area (Å²) in [5, 5.41) is 6.12. The number of benzene rings is 3. The van der Waals surface area contributed by atoms with Crippen LogP contribution in [0, 0.1) is 6.92 Å². The smallest absolute Gasteiger partial charge is 0.247 e. The molecule has 1 amide bonds. The predicted molar refractivity (Wildman–Crippen MR) is 161 cm³/mol. The van der Waals surface area contributed by atoms with Crippen molar-refractivity contribution in [1.29, 1.82) is 0 Å². The largest absolute Gasteiger partial charge is 0.402 e. The number of pyridine rings is 1. The molecule has 0 fully saturated rings. The van der Waals surface area contributed by atoms with Crippen LogP contribution in [0.4, 0.5) is 11.5 Å². The Hall–Kier alpha value is -4.68. The minimum absolute atomic E-state index is 0.0277. The Balaban J connectivity index is 1.62. The average molecular weight is 518 g/mol. The molecule has 4 aromatic rings. The van der Waals surface area contributed by atoms with Crippen molar-refractivity contribution in [3.63, 3.8) is 0 Å². The number of aryl methyl sites for hydroxylation is 1. The van der Waals surface area contributed by atoms with E-state index in [0.717, 1.165) is 28.8 Å². The summed E-state index contributed by atoms with van der Waals surface area (Å²) in [6.07, 6.45) is 3.27. The first-order valence-corrected chi connectivity index (χ1v) is 13.0. The quantitative estimate of drug-likeness (QED) is 0.150. The van der Waals surface area contributed by atoms with Crippen molar-refractivity contribution in [2.24, 2.45) is 11.5 Å². The molecule has 4 rings (SSSR count). The van der Waals surface area contributed by atoms with Crippen LogP contribution >= 0.6 is 0 Å². The molecular formula is C33H35N5O. The lowest BCUT2D eigenvalue weighted by Gasteiger charge is -2.18. The number of carbonyl (C=O) groups excluding carboxylic acids is 1. The van der Waals surface area contributed by atoms with Crippen LogP contribution in [0.5, 0.6) is 0 Å². The van der Waals surface area contributed by atoms with Gasteiger partial charge in [0, 0.05) is 22.9 Å². The number of aromatic nitrogens is 1. The zero-order valence-electron chi connectivity index (χ0n) is 22.4. The maximum absolute atomic E-state index is 11.8. The summed E-state index contributed by atoms with van der Waals surface area (Å²) in [5.74, 6) is 0.397. The normalized spacial score (nSPS) is 12.8. The Morgan fingerprint density at radius 3 is 2.44 bits per heavy atom. The van der Waals surface area contributed by atoms with Crippen molar-refractivity contribution >= 4 is 17.4 Å². The third-order valence-corrected chi connectivity index (χ3v) is 6.51. The minimum Gasteiger partial charge on any atom is -0.402 e. The molecule has 0 spiro atoms. The van der Waals surface area contributed by atoms with Gasteiger partial charge < -0.3 is 22.1 Å². The molecule has 2 unspecified atom stereocenters. The highest BCUT2D eigenvalue weighted by atomic mass is 16.1. The van der Waals surface area contributed by atoms with Gasteiger partial charge in [-0.25, -0.2) is 4.98 Å². The van der Waals surface area contributed by atoms with E-state index in [1.54, 1.807) is 0 Å². The maximum Gasteiger partial charge on any atom is 0.247 e. The highest BCUT2D eigenvalue weighted by Gasteiger charge is 2.12. The number of anilines is 2. The lowest BCUT2D eigenvalue weighted by molar-refractivity contribution is -0.111. The van der Waals surface area contributed by atoms with E-state index in [1.165, 1.54) is 17.2 Å². The third-order valence-electron chi connectivity index (χ3n) is 6.51. The number of carbonyl (C=O) groups is 1. The lowest BCUT2D eigenvalue weighted by atomic mass is 9.96. The number of nitrogens with one attached hydrogen (secondary N) is 2. The summed E-state index contributed by atoms with van der Waals surface area (Å²) in [4.78, 5) is 16.7. The molecule has 6 N–H and O–H groups in total. The molecule has 0 aliphatic carbocycles. The molecule has 0 bridgehead atoms. The monoisotopic (exact) mass is 517 g/mol. The first-order valence-electron chi connectivity index (χ1n) is 13.0. The van der Waals surface area contributed by atoms with Crippen LogP contribution in [0.1, 0.15) is 35.1 Å². The van der Waals surface area contributed by atoms with Crippen molar-refractivity contribution in [3.05, 3.63) is 138 Å². The van der Waals surface area contributed by atoms with E-state index < -0.39 is 6.17 Å². The lowest BCUT2D eigenvalue weighted by Crippen LogP contribution is -2.29. The van der Waals surface area contributed by atoms with Gasteiger partial charge in [-0.1, -0.05) is 85.8 Å². The second kappa shape index (κ2) is 12.7. The molecule has 0 saturated heterocycles. The number of allylic oxidation sites excluding steroid dienone is 1. The Labute approximate surface area is 230 Å². The van der Waals surface area contributed by atoms with E-state index >= 15 is 0 Å². The van der Waals surface area contributed by atoms with Crippen molar-refractivity contribution in [2.75, 3.05) is 10.6 Å². The van der Waals surface area contributed by atoms with Crippen LogP contribution in [0.15, 0.2) is 115 Å². The van der Waals surface area contributed by atoms with Gasteiger partial charge in [-0.15, -0.1) is 0 Å². The first-order chi connectivity index (χ1) is 18.8. The third kappa shape index (κ3) is 7.66. The van der Waals surface area contributed by atoms with Gasteiger partial charge in [-0.05, 0) is 66.5 Å². The summed E-state index contributed by atoms with van der Waals surface area (Å²) in [7, 11) is 0.